The number of hydrogen-bond acceptors (Lipinski definition) is 9. The third-order valence-corrected chi connectivity index (χ3v) is 7.45. The fourth-order valence-corrected chi connectivity index (χ4v) is 5.38. The zero-order valence-corrected chi connectivity index (χ0v) is 19.4. The normalized spacial score (nSPS) is 11.4. The molecule has 0 atom stereocenters. The van der Waals surface area contributed by atoms with E-state index < -0.39 is 4.92 Å². The number of hydrogen-bond donors (Lipinski definition) is 1. The van der Waals surface area contributed by atoms with Gasteiger partial charge in [-0.3, -0.25) is 14.9 Å². The fraction of sp³-hybridized carbons (Fsp3) is 0.158. The topological polar surface area (TPSA) is 110 Å². The van der Waals surface area contributed by atoms with Crippen molar-refractivity contribution in [3.05, 3.63) is 74.8 Å². The van der Waals surface area contributed by atoms with Crippen LogP contribution >= 0.6 is 46.5 Å². The maximum absolute atomic E-state index is 12.1. The second-order valence-electron chi connectivity index (χ2n) is 6.04. The third kappa shape index (κ3) is 7.03. The smallest absolute Gasteiger partial charge is 0.270 e. The lowest BCUT2D eigenvalue weighted by atomic mass is 10.1. The Morgan fingerprint density at radius 2 is 1.94 bits per heavy atom. The molecule has 2 aromatic carbocycles. The Balaban J connectivity index is 1.47. The van der Waals surface area contributed by atoms with Crippen LogP contribution in [-0.4, -0.2) is 32.5 Å². The number of nitrogens with one attached hydrogen (secondary N) is 1. The highest BCUT2D eigenvalue weighted by molar-refractivity contribution is 8.03. The molecule has 0 fully saturated rings. The maximum atomic E-state index is 12.1. The van der Waals surface area contributed by atoms with E-state index in [-0.39, 0.29) is 17.3 Å². The zero-order chi connectivity index (χ0) is 22.2. The second-order valence-corrected chi connectivity index (χ2v) is 9.87. The van der Waals surface area contributed by atoms with E-state index in [0.717, 1.165) is 9.90 Å². The van der Waals surface area contributed by atoms with Gasteiger partial charge in [0, 0.05) is 28.5 Å². The highest BCUT2D eigenvalue weighted by atomic mass is 35.5. The summed E-state index contributed by atoms with van der Waals surface area (Å²) in [4.78, 5) is 22.5. The molecule has 0 radical (unpaired) electrons. The number of benzene rings is 2. The van der Waals surface area contributed by atoms with Crippen molar-refractivity contribution in [2.24, 2.45) is 5.10 Å². The van der Waals surface area contributed by atoms with Crippen LogP contribution in [0.15, 0.2) is 62.3 Å². The van der Waals surface area contributed by atoms with Gasteiger partial charge in [0.1, 0.15) is 0 Å². The van der Waals surface area contributed by atoms with Crippen LogP contribution in [0.25, 0.3) is 0 Å². The van der Waals surface area contributed by atoms with Crippen molar-refractivity contribution < 1.29 is 9.72 Å². The highest BCUT2D eigenvalue weighted by Gasteiger charge is 2.11. The van der Waals surface area contributed by atoms with Gasteiger partial charge in [-0.1, -0.05) is 76.8 Å². The number of thioether (sulfide) groups is 2. The molecule has 31 heavy (non-hydrogen) atoms. The molecule has 0 aliphatic heterocycles. The zero-order valence-electron chi connectivity index (χ0n) is 16.1. The number of rotatable bonds is 9. The van der Waals surface area contributed by atoms with Crippen LogP contribution in [0.5, 0.6) is 0 Å². The summed E-state index contributed by atoms with van der Waals surface area (Å²) in [6.45, 7) is 1.67. The van der Waals surface area contributed by atoms with Gasteiger partial charge in [-0.15, -0.1) is 10.2 Å². The Labute approximate surface area is 195 Å². The summed E-state index contributed by atoms with van der Waals surface area (Å²) >= 11 is 10.4. The molecule has 3 rings (SSSR count). The van der Waals surface area contributed by atoms with Gasteiger partial charge in [0.25, 0.3) is 11.6 Å². The molecule has 0 unspecified atom stereocenters. The average molecular weight is 494 g/mol. The van der Waals surface area contributed by atoms with E-state index in [9.17, 15) is 14.9 Å². The van der Waals surface area contributed by atoms with Crippen LogP contribution in [-0.2, 0) is 10.5 Å². The van der Waals surface area contributed by atoms with E-state index in [1.165, 1.54) is 47.0 Å². The summed E-state index contributed by atoms with van der Waals surface area (Å²) in [7, 11) is 0. The number of hydrazone groups is 1. The van der Waals surface area contributed by atoms with Gasteiger partial charge >= 0.3 is 0 Å². The minimum atomic E-state index is -0.477. The first-order valence-electron chi connectivity index (χ1n) is 8.83. The second kappa shape index (κ2) is 11.2. The number of halogens is 1. The van der Waals surface area contributed by atoms with Crippen molar-refractivity contribution in [1.29, 1.82) is 0 Å². The summed E-state index contributed by atoms with van der Waals surface area (Å²) in [6, 6.07) is 13.7. The van der Waals surface area contributed by atoms with Crippen LogP contribution in [0, 0.1) is 10.1 Å². The van der Waals surface area contributed by atoms with Crippen molar-refractivity contribution in [3.8, 4) is 0 Å². The number of non-ortho nitro benzene ring substituents is 1. The van der Waals surface area contributed by atoms with Crippen molar-refractivity contribution in [3.63, 3.8) is 0 Å². The molecule has 0 saturated heterocycles. The standard InChI is InChI=1S/C19H16ClN5O3S3/c1-12(13-6-4-7-15(9-13)25(27)28)21-22-17(26)11-30-19-24-23-18(31-19)29-10-14-5-2-3-8-16(14)20/h2-9H,10-11H2,1H3,(H,22,26)/b21-12+. The minimum Gasteiger partial charge on any atom is -0.272 e. The monoisotopic (exact) mass is 493 g/mol. The van der Waals surface area contributed by atoms with E-state index in [4.69, 9.17) is 11.6 Å². The fourth-order valence-electron chi connectivity index (χ4n) is 2.28. The number of nitro benzene ring substituents is 1. The molecule has 0 aliphatic carbocycles. The average Bonchev–Trinajstić information content (AvgIpc) is 3.23. The number of carbonyl (C=O) groups is 1. The molecule has 0 aliphatic rings. The van der Waals surface area contributed by atoms with Gasteiger partial charge in [0.15, 0.2) is 8.68 Å². The molecule has 1 amide bonds. The number of amides is 1. The predicted molar refractivity (Wildman–Crippen MR) is 125 cm³/mol. The van der Waals surface area contributed by atoms with E-state index >= 15 is 0 Å². The van der Waals surface area contributed by atoms with Gasteiger partial charge in [-0.2, -0.15) is 5.10 Å². The van der Waals surface area contributed by atoms with E-state index in [1.54, 1.807) is 19.1 Å². The quantitative estimate of drug-likeness (QED) is 0.193. The number of carbonyl (C=O) groups excluding carboxylic acids is 1. The van der Waals surface area contributed by atoms with Crippen molar-refractivity contribution >= 4 is 63.8 Å². The first-order valence-corrected chi connectivity index (χ1v) is 12.0. The van der Waals surface area contributed by atoms with Gasteiger partial charge in [0.2, 0.25) is 0 Å². The van der Waals surface area contributed by atoms with Gasteiger partial charge in [-0.05, 0) is 18.6 Å². The largest absolute Gasteiger partial charge is 0.272 e. The molecule has 160 valence electrons. The molecule has 12 heteroatoms. The van der Waals surface area contributed by atoms with Crippen molar-refractivity contribution in [2.75, 3.05) is 5.75 Å². The van der Waals surface area contributed by atoms with E-state index in [1.807, 2.05) is 24.3 Å². The van der Waals surface area contributed by atoms with E-state index in [2.05, 4.69) is 20.7 Å². The minimum absolute atomic E-state index is 0.0339. The molecule has 1 N–H and O–H groups in total. The van der Waals surface area contributed by atoms with Crippen LogP contribution in [0.4, 0.5) is 5.69 Å². The lowest BCUT2D eigenvalue weighted by Gasteiger charge is -2.02. The maximum Gasteiger partial charge on any atom is 0.270 e. The van der Waals surface area contributed by atoms with Gasteiger partial charge in [-0.25, -0.2) is 5.43 Å². The number of aromatic nitrogens is 2. The Bertz CT molecular complexity index is 1120. The SMILES string of the molecule is C/C(=N\NC(=O)CSc1nnc(SCc2ccccc2Cl)s1)c1cccc([N+](=O)[O-])c1. The van der Waals surface area contributed by atoms with Gasteiger partial charge < -0.3 is 0 Å². The Morgan fingerprint density at radius 1 is 1.19 bits per heavy atom. The van der Waals surface area contributed by atoms with Gasteiger partial charge in [0.05, 0.1) is 16.4 Å². The molecule has 1 heterocycles. The molecular formula is C19H16ClN5O3S3. The summed E-state index contributed by atoms with van der Waals surface area (Å²) in [6.07, 6.45) is 0. The van der Waals surface area contributed by atoms with Crippen molar-refractivity contribution in [2.45, 2.75) is 21.4 Å². The molecule has 8 nitrogen and oxygen atoms in total. The first-order chi connectivity index (χ1) is 14.9. The lowest BCUT2D eigenvalue weighted by Crippen LogP contribution is -2.21. The van der Waals surface area contributed by atoms with Crippen LogP contribution in [0.3, 0.4) is 0 Å². The Morgan fingerprint density at radius 3 is 2.68 bits per heavy atom. The number of nitro groups is 1. The van der Waals surface area contributed by atoms with Crippen LogP contribution < -0.4 is 5.43 Å². The summed E-state index contributed by atoms with van der Waals surface area (Å²) < 4.78 is 1.47. The van der Waals surface area contributed by atoms with E-state index in [0.29, 0.717) is 26.4 Å². The Kier molecular flexibility index (Phi) is 8.41. The number of nitrogens with zero attached hydrogens (tertiary/aromatic N) is 4. The molecule has 0 saturated carbocycles. The molecule has 1 aromatic heterocycles. The summed E-state index contributed by atoms with van der Waals surface area (Å²) in [5.74, 6) is 0.496. The van der Waals surface area contributed by atoms with Crippen LogP contribution in [0.2, 0.25) is 5.02 Å². The van der Waals surface area contributed by atoms with Crippen LogP contribution in [0.1, 0.15) is 18.1 Å². The molecular weight excluding hydrogens is 478 g/mol. The highest BCUT2D eigenvalue weighted by Crippen LogP contribution is 2.32. The first kappa shape index (κ1) is 23.2. The summed E-state index contributed by atoms with van der Waals surface area (Å²) in [5.41, 5.74) is 4.47. The summed E-state index contributed by atoms with van der Waals surface area (Å²) in [5, 5.41) is 23.8. The predicted octanol–water partition coefficient (Wildman–Crippen LogP) is 5.02. The Hall–Kier alpha value is -2.47. The third-order valence-electron chi connectivity index (χ3n) is 3.85. The molecule has 3 aromatic rings. The molecule has 0 spiro atoms. The molecule has 0 bridgehead atoms. The van der Waals surface area contributed by atoms with Crippen molar-refractivity contribution in [1.82, 2.24) is 15.6 Å². The lowest BCUT2D eigenvalue weighted by molar-refractivity contribution is -0.384.